The zero-order valence-electron chi connectivity index (χ0n) is 23.9. The molecular weight excluding hydrogens is 484 g/mol. The van der Waals surface area contributed by atoms with E-state index in [9.17, 15) is 9.59 Å². The minimum absolute atomic E-state index is 0.254. The van der Waals surface area contributed by atoms with Crippen LogP contribution >= 0.6 is 0 Å². The highest BCUT2D eigenvalue weighted by Gasteiger charge is 2.28. The van der Waals surface area contributed by atoms with Crippen molar-refractivity contribution in [3.63, 3.8) is 0 Å². The van der Waals surface area contributed by atoms with Gasteiger partial charge in [-0.1, -0.05) is 5.92 Å². The normalized spacial score (nSPS) is 17.5. The quantitative estimate of drug-likeness (QED) is 0.440. The molecule has 0 N–H and O–H groups in total. The highest BCUT2D eigenvalue weighted by Crippen LogP contribution is 2.27. The third-order valence-corrected chi connectivity index (χ3v) is 6.55. The van der Waals surface area contributed by atoms with Crippen molar-refractivity contribution in [2.24, 2.45) is 11.8 Å². The zero-order valence-corrected chi connectivity index (χ0v) is 23.9. The van der Waals surface area contributed by atoms with Crippen LogP contribution in [0.25, 0.3) is 0 Å². The summed E-state index contributed by atoms with van der Waals surface area (Å²) >= 11 is 0. The largest absolute Gasteiger partial charge is 0.493 e. The molecule has 2 fully saturated rings. The third-order valence-electron chi connectivity index (χ3n) is 6.55. The van der Waals surface area contributed by atoms with Crippen molar-refractivity contribution in [1.29, 1.82) is 0 Å². The fourth-order valence-corrected chi connectivity index (χ4v) is 4.47. The number of ether oxygens (including phenoxy) is 4. The van der Waals surface area contributed by atoms with E-state index in [1.807, 2.05) is 59.7 Å². The molecule has 2 amide bonds. The molecule has 3 rings (SSSR count). The number of carbonyl (C=O) groups excluding carboxylic acids is 2. The lowest BCUT2D eigenvalue weighted by atomic mass is 9.98. The first kappa shape index (κ1) is 29.5. The smallest absolute Gasteiger partial charge is 0.410 e. The molecular formula is C30H44N2O6. The SMILES string of the molecule is C#Cc1cc(OCC2CCN(C(=O)OC(C)(C)C)CC2)cc(OCC2CCN(C(=O)OC(C)(C)C)CC2)c1. The van der Waals surface area contributed by atoms with Crippen LogP contribution in [0.1, 0.15) is 72.8 Å². The Bertz CT molecular complexity index is 917. The van der Waals surface area contributed by atoms with E-state index >= 15 is 0 Å². The Hall–Kier alpha value is -3.08. The lowest BCUT2D eigenvalue weighted by molar-refractivity contribution is 0.0156. The van der Waals surface area contributed by atoms with Gasteiger partial charge in [0.2, 0.25) is 0 Å². The van der Waals surface area contributed by atoms with Crippen molar-refractivity contribution in [1.82, 2.24) is 9.80 Å². The fourth-order valence-electron chi connectivity index (χ4n) is 4.47. The molecule has 0 saturated carbocycles. The first-order valence-corrected chi connectivity index (χ1v) is 13.6. The van der Waals surface area contributed by atoms with Crippen LogP contribution < -0.4 is 9.47 Å². The average molecular weight is 529 g/mol. The summed E-state index contributed by atoms with van der Waals surface area (Å²) in [6.07, 6.45) is 8.61. The first-order valence-electron chi connectivity index (χ1n) is 13.6. The van der Waals surface area contributed by atoms with E-state index in [2.05, 4.69) is 5.92 Å². The van der Waals surface area contributed by atoms with Crippen LogP contribution in [0.5, 0.6) is 11.5 Å². The molecule has 0 unspecified atom stereocenters. The van der Waals surface area contributed by atoms with E-state index in [-0.39, 0.29) is 12.2 Å². The maximum Gasteiger partial charge on any atom is 0.410 e. The van der Waals surface area contributed by atoms with Gasteiger partial charge in [-0.3, -0.25) is 0 Å². The van der Waals surface area contributed by atoms with Gasteiger partial charge >= 0.3 is 12.2 Å². The standard InChI is InChI=1S/C30H44N2O6/c1-8-22-17-25(35-20-23-9-13-31(14-10-23)27(33)37-29(2,3)4)19-26(18-22)36-21-24-11-15-32(16-12-24)28(34)38-30(5,6)7/h1,17-19,23-24H,9-16,20-21H2,2-7H3. The van der Waals surface area contributed by atoms with Crippen LogP contribution in [-0.2, 0) is 9.47 Å². The number of hydrogen-bond donors (Lipinski definition) is 0. The zero-order chi connectivity index (χ0) is 27.9. The molecule has 2 aliphatic heterocycles. The molecule has 0 spiro atoms. The average Bonchev–Trinajstić information content (AvgIpc) is 2.84. The van der Waals surface area contributed by atoms with Gasteiger partial charge in [0, 0.05) is 37.8 Å². The van der Waals surface area contributed by atoms with E-state index < -0.39 is 11.2 Å². The van der Waals surface area contributed by atoms with Crippen LogP contribution in [0.4, 0.5) is 9.59 Å². The van der Waals surface area contributed by atoms with Gasteiger partial charge in [-0.25, -0.2) is 9.59 Å². The molecule has 2 heterocycles. The number of rotatable bonds is 6. The third kappa shape index (κ3) is 9.66. The molecule has 0 atom stereocenters. The second kappa shape index (κ2) is 12.6. The minimum atomic E-state index is -0.490. The topological polar surface area (TPSA) is 77.5 Å². The molecule has 2 aliphatic rings. The van der Waals surface area contributed by atoms with Gasteiger partial charge in [0.15, 0.2) is 0 Å². The lowest BCUT2D eigenvalue weighted by Gasteiger charge is -2.33. The molecule has 8 nitrogen and oxygen atoms in total. The number of piperidine rings is 2. The number of carbonyl (C=O) groups is 2. The van der Waals surface area contributed by atoms with Gasteiger partial charge in [0.1, 0.15) is 22.7 Å². The number of hydrogen-bond acceptors (Lipinski definition) is 6. The molecule has 0 aromatic heterocycles. The Kier molecular flexibility index (Phi) is 9.81. The Morgan fingerprint density at radius 2 is 1.13 bits per heavy atom. The van der Waals surface area contributed by atoms with Gasteiger partial charge in [-0.15, -0.1) is 6.42 Å². The van der Waals surface area contributed by atoms with E-state index in [1.165, 1.54) is 0 Å². The first-order chi connectivity index (χ1) is 17.8. The van der Waals surface area contributed by atoms with Crippen molar-refractivity contribution in [2.45, 2.75) is 78.4 Å². The molecule has 1 aromatic carbocycles. The number of amides is 2. The van der Waals surface area contributed by atoms with E-state index in [0.29, 0.717) is 68.3 Å². The number of likely N-dealkylation sites (tertiary alicyclic amines) is 2. The molecule has 8 heteroatoms. The second-order valence-corrected chi connectivity index (χ2v) is 12.3. The van der Waals surface area contributed by atoms with Gasteiger partial charge < -0.3 is 28.7 Å². The summed E-state index contributed by atoms with van der Waals surface area (Å²) in [5.74, 6) is 4.75. The van der Waals surface area contributed by atoms with Crippen molar-refractivity contribution in [3.05, 3.63) is 23.8 Å². The Morgan fingerprint density at radius 1 is 0.763 bits per heavy atom. The lowest BCUT2D eigenvalue weighted by Crippen LogP contribution is -2.42. The summed E-state index contributed by atoms with van der Waals surface area (Å²) in [6.45, 7) is 15.0. The summed E-state index contributed by atoms with van der Waals surface area (Å²) in [7, 11) is 0. The number of benzene rings is 1. The Balaban J connectivity index is 1.44. The van der Waals surface area contributed by atoms with E-state index in [0.717, 1.165) is 25.7 Å². The van der Waals surface area contributed by atoms with Crippen molar-refractivity contribution < 1.29 is 28.5 Å². The molecule has 0 aliphatic carbocycles. The van der Waals surface area contributed by atoms with Gasteiger partial charge in [0.25, 0.3) is 0 Å². The highest BCUT2D eigenvalue weighted by molar-refractivity contribution is 5.68. The Labute approximate surface area is 227 Å². The number of terminal acetylenes is 1. The molecule has 38 heavy (non-hydrogen) atoms. The maximum atomic E-state index is 12.3. The predicted molar refractivity (Wildman–Crippen MR) is 146 cm³/mol. The van der Waals surface area contributed by atoms with Gasteiger partial charge in [-0.05, 0) is 91.2 Å². The molecule has 210 valence electrons. The van der Waals surface area contributed by atoms with Crippen LogP contribution in [0, 0.1) is 24.2 Å². The summed E-state index contributed by atoms with van der Waals surface area (Å²) in [5.41, 5.74) is -0.274. The van der Waals surface area contributed by atoms with Crippen molar-refractivity contribution in [3.8, 4) is 23.8 Å². The number of nitrogens with zero attached hydrogens (tertiary/aromatic N) is 2. The van der Waals surface area contributed by atoms with Crippen LogP contribution in [0.15, 0.2) is 18.2 Å². The molecule has 0 radical (unpaired) electrons. The summed E-state index contributed by atoms with van der Waals surface area (Å²) in [6, 6.07) is 5.58. The summed E-state index contributed by atoms with van der Waals surface area (Å²) < 4.78 is 23.2. The van der Waals surface area contributed by atoms with Crippen LogP contribution in [-0.4, -0.2) is 72.6 Å². The second-order valence-electron chi connectivity index (χ2n) is 12.3. The predicted octanol–water partition coefficient (Wildman–Crippen LogP) is 5.72. The molecule has 0 bridgehead atoms. The van der Waals surface area contributed by atoms with Crippen LogP contribution in [0.3, 0.4) is 0 Å². The summed E-state index contributed by atoms with van der Waals surface area (Å²) in [4.78, 5) is 28.1. The Morgan fingerprint density at radius 3 is 1.45 bits per heavy atom. The fraction of sp³-hybridized carbons (Fsp3) is 0.667. The van der Waals surface area contributed by atoms with Gasteiger partial charge in [0.05, 0.1) is 13.2 Å². The molecule has 1 aromatic rings. The maximum absolute atomic E-state index is 12.3. The van der Waals surface area contributed by atoms with Gasteiger partial charge in [-0.2, -0.15) is 0 Å². The monoisotopic (exact) mass is 528 g/mol. The van der Waals surface area contributed by atoms with Crippen molar-refractivity contribution >= 4 is 12.2 Å². The van der Waals surface area contributed by atoms with Crippen molar-refractivity contribution in [2.75, 3.05) is 39.4 Å². The minimum Gasteiger partial charge on any atom is -0.493 e. The van der Waals surface area contributed by atoms with Crippen LogP contribution in [0.2, 0.25) is 0 Å². The van der Waals surface area contributed by atoms with E-state index in [4.69, 9.17) is 25.4 Å². The molecule has 2 saturated heterocycles. The van der Waals surface area contributed by atoms with E-state index in [1.54, 1.807) is 9.80 Å². The summed E-state index contributed by atoms with van der Waals surface area (Å²) in [5, 5.41) is 0. The highest BCUT2D eigenvalue weighted by atomic mass is 16.6.